The first-order valence-electron chi connectivity index (χ1n) is 24.9. The molecule has 2 fully saturated rings. The minimum absolute atomic E-state index is 0.246. The molecule has 0 unspecified atom stereocenters. The molecule has 3 aliphatic rings. The lowest BCUT2D eigenvalue weighted by molar-refractivity contribution is 0.121. The fourth-order valence-corrected chi connectivity index (χ4v) is 13.8. The SMILES string of the molecule is C/C=C1\C[C@@H]2C[C@H](C1)C[C@@H]([C@@]1(C)c3ccccc3C(c3ccccc3)(c3ccccc3)c3ccc(N(c4ccc(-n5c6ccccc6c6ccccc65)cc4)c4cccc5ccccc45)cc31)C2. The second-order valence-electron chi connectivity index (χ2n) is 20.2. The number of anilines is 3. The van der Waals surface area contributed by atoms with Crippen LogP contribution in [0.2, 0.25) is 0 Å². The molecule has 1 heterocycles. The lowest BCUT2D eigenvalue weighted by Gasteiger charge is -2.55. The molecule has 2 nitrogen and oxygen atoms in total. The van der Waals surface area contributed by atoms with Crippen LogP contribution >= 0.6 is 0 Å². The highest BCUT2D eigenvalue weighted by Gasteiger charge is 2.54. The largest absolute Gasteiger partial charge is 0.310 e. The summed E-state index contributed by atoms with van der Waals surface area (Å²) >= 11 is 0. The zero-order valence-corrected chi connectivity index (χ0v) is 39.0. The van der Waals surface area contributed by atoms with Crippen molar-refractivity contribution in [2.45, 2.75) is 56.8 Å². The summed E-state index contributed by atoms with van der Waals surface area (Å²) < 4.78 is 2.42. The van der Waals surface area contributed by atoms with Crippen molar-refractivity contribution in [1.29, 1.82) is 0 Å². The molecule has 4 atom stereocenters. The molecule has 3 aliphatic carbocycles. The van der Waals surface area contributed by atoms with Crippen molar-refractivity contribution < 1.29 is 0 Å². The molecule has 0 radical (unpaired) electrons. The molecule has 13 rings (SSSR count). The Bertz CT molecular complexity index is 3430. The number of fused-ring (bicyclic) bond motifs is 8. The normalized spacial score (nSPS) is 21.1. The number of allylic oxidation sites excluding steroid dienone is 2. The van der Waals surface area contributed by atoms with E-state index in [1.165, 1.54) is 109 Å². The Kier molecular flexibility index (Phi) is 9.68. The monoisotopic (exact) mass is 876 g/mol. The van der Waals surface area contributed by atoms with Crippen LogP contribution in [0.25, 0.3) is 38.3 Å². The fraction of sp³-hybridized carbons (Fsp3) is 0.182. The van der Waals surface area contributed by atoms with Crippen LogP contribution in [0.15, 0.2) is 230 Å². The smallest absolute Gasteiger partial charge is 0.0707 e. The lowest BCUT2D eigenvalue weighted by Crippen LogP contribution is -2.48. The highest BCUT2D eigenvalue weighted by atomic mass is 15.1. The van der Waals surface area contributed by atoms with Crippen LogP contribution < -0.4 is 4.90 Å². The molecule has 0 spiro atoms. The van der Waals surface area contributed by atoms with Crippen molar-refractivity contribution in [2.75, 3.05) is 4.90 Å². The van der Waals surface area contributed by atoms with Crippen molar-refractivity contribution >= 4 is 49.6 Å². The van der Waals surface area contributed by atoms with Gasteiger partial charge in [-0.25, -0.2) is 0 Å². The molecular weight excluding hydrogens is 821 g/mol. The molecule has 2 saturated carbocycles. The number of hydrogen-bond acceptors (Lipinski definition) is 1. The van der Waals surface area contributed by atoms with E-state index in [0.29, 0.717) is 17.8 Å². The third kappa shape index (κ3) is 6.16. The van der Waals surface area contributed by atoms with Crippen molar-refractivity contribution in [3.63, 3.8) is 0 Å². The molecule has 9 aromatic carbocycles. The van der Waals surface area contributed by atoms with E-state index in [1.54, 1.807) is 5.57 Å². The van der Waals surface area contributed by atoms with E-state index in [2.05, 4.69) is 248 Å². The molecular formula is C66H56N2. The zero-order chi connectivity index (χ0) is 45.4. The number of para-hydroxylation sites is 2. The Hall–Kier alpha value is -7.42. The van der Waals surface area contributed by atoms with Gasteiger partial charge in [0.2, 0.25) is 0 Å². The Morgan fingerprint density at radius 2 is 1.00 bits per heavy atom. The molecule has 0 amide bonds. The van der Waals surface area contributed by atoms with Crippen LogP contribution in [-0.2, 0) is 10.8 Å². The van der Waals surface area contributed by atoms with Gasteiger partial charge in [-0.1, -0.05) is 182 Å². The zero-order valence-electron chi connectivity index (χ0n) is 39.0. The highest BCUT2D eigenvalue weighted by molar-refractivity contribution is 6.09. The predicted molar refractivity (Wildman–Crippen MR) is 285 cm³/mol. The Labute approximate surface area is 400 Å². The van der Waals surface area contributed by atoms with Gasteiger partial charge < -0.3 is 9.47 Å². The maximum atomic E-state index is 2.64. The maximum absolute atomic E-state index is 2.64. The molecule has 0 aliphatic heterocycles. The van der Waals surface area contributed by atoms with E-state index in [4.69, 9.17) is 0 Å². The van der Waals surface area contributed by atoms with Gasteiger partial charge in [0.05, 0.1) is 22.1 Å². The van der Waals surface area contributed by atoms with Crippen LogP contribution in [0.5, 0.6) is 0 Å². The van der Waals surface area contributed by atoms with Crippen LogP contribution in [0.1, 0.15) is 79.3 Å². The fourth-order valence-electron chi connectivity index (χ4n) is 13.8. The van der Waals surface area contributed by atoms with E-state index >= 15 is 0 Å². The number of rotatable bonds is 7. The van der Waals surface area contributed by atoms with Crippen molar-refractivity contribution in [2.24, 2.45) is 17.8 Å². The summed E-state index contributed by atoms with van der Waals surface area (Å²) in [5, 5.41) is 5.01. The predicted octanol–water partition coefficient (Wildman–Crippen LogP) is 17.2. The van der Waals surface area contributed by atoms with Gasteiger partial charge in [0.15, 0.2) is 0 Å². The maximum Gasteiger partial charge on any atom is 0.0707 e. The summed E-state index contributed by atoms with van der Waals surface area (Å²) in [5.41, 5.74) is 16.3. The van der Waals surface area contributed by atoms with Gasteiger partial charge in [-0.2, -0.15) is 0 Å². The summed E-state index contributed by atoms with van der Waals surface area (Å²) in [5.74, 6) is 1.91. The van der Waals surface area contributed by atoms with Gasteiger partial charge in [0.25, 0.3) is 0 Å². The summed E-state index contributed by atoms with van der Waals surface area (Å²) in [4.78, 5) is 2.54. The lowest BCUT2D eigenvalue weighted by atomic mass is 9.48. The van der Waals surface area contributed by atoms with Gasteiger partial charge in [-0.3, -0.25) is 0 Å². The molecule has 2 heteroatoms. The van der Waals surface area contributed by atoms with Crippen molar-refractivity contribution in [1.82, 2.24) is 4.57 Å². The molecule has 330 valence electrons. The third-order valence-corrected chi connectivity index (χ3v) is 16.7. The molecule has 10 aromatic rings. The van der Waals surface area contributed by atoms with Gasteiger partial charge in [-0.15, -0.1) is 0 Å². The van der Waals surface area contributed by atoms with Crippen LogP contribution in [0.4, 0.5) is 17.1 Å². The van der Waals surface area contributed by atoms with Crippen molar-refractivity contribution in [3.05, 3.63) is 263 Å². The summed E-state index contributed by atoms with van der Waals surface area (Å²) in [6.07, 6.45) is 8.74. The molecule has 0 N–H and O–H groups in total. The summed E-state index contributed by atoms with van der Waals surface area (Å²) in [7, 11) is 0. The van der Waals surface area contributed by atoms with Crippen LogP contribution in [0, 0.1) is 17.8 Å². The minimum atomic E-state index is -0.524. The average Bonchev–Trinajstić information content (AvgIpc) is 3.74. The van der Waals surface area contributed by atoms with E-state index in [1.807, 2.05) is 0 Å². The molecule has 1 aromatic heterocycles. The first-order valence-corrected chi connectivity index (χ1v) is 24.9. The Balaban J connectivity index is 1.07. The summed E-state index contributed by atoms with van der Waals surface area (Å²) in [6, 6.07) is 82.5. The van der Waals surface area contributed by atoms with E-state index in [-0.39, 0.29) is 5.41 Å². The second kappa shape index (κ2) is 16.1. The Morgan fingerprint density at radius 3 is 1.65 bits per heavy atom. The number of benzene rings is 9. The highest BCUT2D eigenvalue weighted by Crippen LogP contribution is 2.62. The average molecular weight is 877 g/mol. The topological polar surface area (TPSA) is 8.17 Å². The van der Waals surface area contributed by atoms with Gasteiger partial charge in [0, 0.05) is 38.6 Å². The van der Waals surface area contributed by atoms with Gasteiger partial charge >= 0.3 is 0 Å². The number of nitrogens with zero attached hydrogens (tertiary/aromatic N) is 2. The van der Waals surface area contributed by atoms with Crippen molar-refractivity contribution in [3.8, 4) is 5.69 Å². The van der Waals surface area contributed by atoms with Crippen LogP contribution in [0.3, 0.4) is 0 Å². The van der Waals surface area contributed by atoms with E-state index in [9.17, 15) is 0 Å². The van der Waals surface area contributed by atoms with Gasteiger partial charge in [-0.05, 0) is 150 Å². The van der Waals surface area contributed by atoms with Crippen LogP contribution in [-0.4, -0.2) is 4.57 Å². The third-order valence-electron chi connectivity index (χ3n) is 16.7. The first kappa shape index (κ1) is 40.8. The molecule has 2 bridgehead atoms. The number of hydrogen-bond donors (Lipinski definition) is 0. The standard InChI is InChI=1S/C66H56N2/c1-3-45-39-46-41-47(40-45)43-51(42-46)65(2)58-28-14-15-29-59(58)66(49-21-6-4-7-22-49,50-23-8-5-9-24-50)60-38-37-54(44-61(60)65)67(62-32-18-20-48-19-10-11-25-55(48)62)52-33-35-53(36-34-52)68-63-30-16-12-26-56(63)57-27-13-17-31-64(57)68/h3-38,44,46-47,51H,39-43H2,1-2H3/b45-3-/t46-,47+,51+,65-/m0/s1. The Morgan fingerprint density at radius 1 is 0.471 bits per heavy atom. The van der Waals surface area contributed by atoms with Gasteiger partial charge in [0.1, 0.15) is 0 Å². The molecule has 68 heavy (non-hydrogen) atoms. The summed E-state index contributed by atoms with van der Waals surface area (Å²) in [6.45, 7) is 4.90. The quantitative estimate of drug-likeness (QED) is 0.145. The molecule has 0 saturated heterocycles. The van der Waals surface area contributed by atoms with E-state index < -0.39 is 5.41 Å². The second-order valence-corrected chi connectivity index (χ2v) is 20.2. The first-order chi connectivity index (χ1) is 33.5. The van der Waals surface area contributed by atoms with E-state index in [0.717, 1.165) is 11.4 Å². The number of aromatic nitrogens is 1. The minimum Gasteiger partial charge on any atom is -0.310 e.